The summed E-state index contributed by atoms with van der Waals surface area (Å²) in [6.45, 7) is 0. The second kappa shape index (κ2) is 7.74. The summed E-state index contributed by atoms with van der Waals surface area (Å²) >= 11 is 0. The molecule has 7 heteroatoms. The largest absolute Gasteiger partial charge is 0.469 e. The molecule has 27 heavy (non-hydrogen) atoms. The van der Waals surface area contributed by atoms with Crippen LogP contribution in [0.2, 0.25) is 0 Å². The van der Waals surface area contributed by atoms with Crippen LogP contribution in [0.3, 0.4) is 0 Å². The predicted molar refractivity (Wildman–Crippen MR) is 103 cm³/mol. The molecular formula is C20H20N4O3. The van der Waals surface area contributed by atoms with E-state index in [0.717, 1.165) is 11.1 Å². The first-order valence-electron chi connectivity index (χ1n) is 8.40. The predicted octanol–water partition coefficient (Wildman–Crippen LogP) is 2.22. The van der Waals surface area contributed by atoms with Gasteiger partial charge in [0.1, 0.15) is 5.84 Å². The molecule has 2 aromatic carbocycles. The number of H-pyrrole nitrogens is 1. The zero-order valence-corrected chi connectivity index (χ0v) is 14.9. The molecule has 1 aromatic heterocycles. The Morgan fingerprint density at radius 3 is 2.41 bits per heavy atom. The summed E-state index contributed by atoms with van der Waals surface area (Å²) in [5, 5.41) is 7.43. The standard InChI is InChI=1S/C20H20N4O3/c1-27-18(25)11-4-13-2-5-14(6-3-13)17-12-24(20(26)23-17)16-9-7-15(8-10-16)19(21)22/h2-3,5-10,12H,4,11H2,1H3,(H3,21,22)(H,23,26). The van der Waals surface area contributed by atoms with E-state index in [1.54, 1.807) is 30.5 Å². The highest BCUT2D eigenvalue weighted by Gasteiger charge is 2.08. The minimum absolute atomic E-state index is 0.0176. The van der Waals surface area contributed by atoms with Gasteiger partial charge in [-0.2, -0.15) is 0 Å². The quantitative estimate of drug-likeness (QED) is 0.353. The number of rotatable bonds is 6. The number of methoxy groups -OCH3 is 1. The van der Waals surface area contributed by atoms with Crippen LogP contribution < -0.4 is 11.4 Å². The zero-order chi connectivity index (χ0) is 19.4. The topological polar surface area (TPSA) is 114 Å². The monoisotopic (exact) mass is 364 g/mol. The first-order valence-corrected chi connectivity index (χ1v) is 8.40. The molecule has 0 aliphatic carbocycles. The molecule has 0 spiro atoms. The second-order valence-electron chi connectivity index (χ2n) is 6.08. The third kappa shape index (κ3) is 4.14. The van der Waals surface area contributed by atoms with E-state index < -0.39 is 0 Å². The van der Waals surface area contributed by atoms with Crippen LogP contribution in [0.5, 0.6) is 0 Å². The molecule has 3 rings (SSSR count). The molecule has 0 saturated heterocycles. The summed E-state index contributed by atoms with van der Waals surface area (Å²) in [6, 6.07) is 14.5. The van der Waals surface area contributed by atoms with Crippen molar-refractivity contribution in [3.05, 3.63) is 76.3 Å². The maximum atomic E-state index is 12.3. The molecule has 3 aromatic rings. The molecule has 0 unspecified atom stereocenters. The van der Waals surface area contributed by atoms with Crippen molar-refractivity contribution in [2.45, 2.75) is 12.8 Å². The van der Waals surface area contributed by atoms with Crippen molar-refractivity contribution in [2.75, 3.05) is 7.11 Å². The number of nitrogens with one attached hydrogen (secondary N) is 2. The number of aromatic amines is 1. The van der Waals surface area contributed by atoms with Gasteiger partial charge in [-0.25, -0.2) is 4.79 Å². The van der Waals surface area contributed by atoms with Crippen molar-refractivity contribution in [1.82, 2.24) is 9.55 Å². The number of nitrogen functional groups attached to an aromatic ring is 1. The van der Waals surface area contributed by atoms with E-state index in [1.165, 1.54) is 11.7 Å². The fourth-order valence-electron chi connectivity index (χ4n) is 2.73. The van der Waals surface area contributed by atoms with Gasteiger partial charge in [0.05, 0.1) is 18.5 Å². The number of benzene rings is 2. The first-order chi connectivity index (χ1) is 13.0. The Bertz CT molecular complexity index is 1010. The number of aryl methyl sites for hydroxylation is 1. The number of nitrogens with two attached hydrogens (primary N) is 1. The lowest BCUT2D eigenvalue weighted by Crippen LogP contribution is -2.15. The molecule has 0 saturated carbocycles. The second-order valence-corrected chi connectivity index (χ2v) is 6.08. The number of hydrogen-bond donors (Lipinski definition) is 3. The van der Waals surface area contributed by atoms with Gasteiger partial charge in [-0.15, -0.1) is 0 Å². The number of carbonyl (C=O) groups is 1. The van der Waals surface area contributed by atoms with Crippen LogP contribution in [0.25, 0.3) is 16.9 Å². The van der Waals surface area contributed by atoms with Gasteiger partial charge in [-0.05, 0) is 41.8 Å². The Morgan fingerprint density at radius 1 is 1.15 bits per heavy atom. The highest BCUT2D eigenvalue weighted by molar-refractivity contribution is 5.95. The molecule has 4 N–H and O–H groups in total. The Hall–Kier alpha value is -3.61. The summed E-state index contributed by atoms with van der Waals surface area (Å²) in [4.78, 5) is 26.4. The van der Waals surface area contributed by atoms with Crippen molar-refractivity contribution in [2.24, 2.45) is 5.73 Å². The minimum Gasteiger partial charge on any atom is -0.469 e. The molecule has 1 heterocycles. The first kappa shape index (κ1) is 18.2. The third-order valence-corrected chi connectivity index (χ3v) is 4.29. The van der Waals surface area contributed by atoms with Crippen molar-refractivity contribution in [1.29, 1.82) is 5.41 Å². The fourth-order valence-corrected chi connectivity index (χ4v) is 2.73. The molecule has 0 aliphatic heterocycles. The van der Waals surface area contributed by atoms with Gasteiger partial charge >= 0.3 is 11.7 Å². The number of ether oxygens (including phenoxy) is 1. The van der Waals surface area contributed by atoms with Crippen molar-refractivity contribution >= 4 is 11.8 Å². The Labute approximate surface area is 155 Å². The summed E-state index contributed by atoms with van der Waals surface area (Å²) < 4.78 is 6.15. The molecule has 0 radical (unpaired) electrons. The SMILES string of the molecule is COC(=O)CCc1ccc(-c2cn(-c3ccc(C(=N)N)cc3)c(=O)[nH]2)cc1. The number of amidine groups is 1. The average molecular weight is 364 g/mol. The average Bonchev–Trinajstić information content (AvgIpc) is 3.08. The van der Waals surface area contributed by atoms with Crippen LogP contribution in [0, 0.1) is 5.41 Å². The minimum atomic E-state index is -0.254. The highest BCUT2D eigenvalue weighted by Crippen LogP contribution is 2.19. The van der Waals surface area contributed by atoms with Gasteiger partial charge in [-0.3, -0.25) is 14.8 Å². The van der Waals surface area contributed by atoms with E-state index in [2.05, 4.69) is 9.72 Å². The summed E-state index contributed by atoms with van der Waals surface area (Å²) in [6.07, 6.45) is 2.67. The summed E-state index contributed by atoms with van der Waals surface area (Å²) in [5.74, 6) is -0.257. The molecule has 0 fully saturated rings. The molecular weight excluding hydrogens is 344 g/mol. The molecule has 0 bridgehead atoms. The van der Waals surface area contributed by atoms with E-state index in [0.29, 0.717) is 29.8 Å². The lowest BCUT2D eigenvalue weighted by molar-refractivity contribution is -0.140. The zero-order valence-electron chi connectivity index (χ0n) is 14.9. The van der Waals surface area contributed by atoms with Gasteiger partial charge in [0.25, 0.3) is 0 Å². The molecule has 0 atom stereocenters. The number of esters is 1. The van der Waals surface area contributed by atoms with E-state index in [-0.39, 0.29) is 17.5 Å². The van der Waals surface area contributed by atoms with Crippen LogP contribution in [-0.2, 0) is 16.0 Å². The Balaban J connectivity index is 1.80. The van der Waals surface area contributed by atoms with Crippen LogP contribution in [-0.4, -0.2) is 28.5 Å². The summed E-state index contributed by atoms with van der Waals surface area (Å²) in [5.41, 5.74) is 9.06. The van der Waals surface area contributed by atoms with Crippen LogP contribution in [0.1, 0.15) is 17.5 Å². The van der Waals surface area contributed by atoms with Crippen molar-refractivity contribution in [3.63, 3.8) is 0 Å². The molecule has 0 aliphatic rings. The van der Waals surface area contributed by atoms with Crippen LogP contribution in [0.15, 0.2) is 59.5 Å². The van der Waals surface area contributed by atoms with Crippen molar-refractivity contribution < 1.29 is 9.53 Å². The number of carbonyl (C=O) groups excluding carboxylic acids is 1. The Morgan fingerprint density at radius 2 is 1.81 bits per heavy atom. The fraction of sp³-hybridized carbons (Fsp3) is 0.150. The lowest BCUT2D eigenvalue weighted by Gasteiger charge is -2.03. The highest BCUT2D eigenvalue weighted by atomic mass is 16.5. The van der Waals surface area contributed by atoms with Crippen LogP contribution >= 0.6 is 0 Å². The van der Waals surface area contributed by atoms with Gasteiger partial charge in [0.15, 0.2) is 0 Å². The third-order valence-electron chi connectivity index (χ3n) is 4.29. The van der Waals surface area contributed by atoms with E-state index in [1.807, 2.05) is 24.3 Å². The van der Waals surface area contributed by atoms with Gasteiger partial charge in [0.2, 0.25) is 0 Å². The molecule has 7 nitrogen and oxygen atoms in total. The maximum absolute atomic E-state index is 12.3. The number of aromatic nitrogens is 2. The van der Waals surface area contributed by atoms with Gasteiger partial charge in [-0.1, -0.05) is 24.3 Å². The Kier molecular flexibility index (Phi) is 5.21. The number of imidazole rings is 1. The maximum Gasteiger partial charge on any atom is 0.330 e. The van der Waals surface area contributed by atoms with E-state index in [9.17, 15) is 9.59 Å². The van der Waals surface area contributed by atoms with E-state index in [4.69, 9.17) is 11.1 Å². The summed E-state index contributed by atoms with van der Waals surface area (Å²) in [7, 11) is 1.38. The van der Waals surface area contributed by atoms with Crippen molar-refractivity contribution in [3.8, 4) is 16.9 Å². The molecule has 138 valence electrons. The number of hydrogen-bond acceptors (Lipinski definition) is 4. The van der Waals surface area contributed by atoms with Crippen LogP contribution in [0.4, 0.5) is 0 Å². The normalized spacial score (nSPS) is 10.6. The van der Waals surface area contributed by atoms with E-state index >= 15 is 0 Å². The number of nitrogens with zero attached hydrogens (tertiary/aromatic N) is 1. The van der Waals surface area contributed by atoms with Gasteiger partial charge in [0, 0.05) is 18.2 Å². The van der Waals surface area contributed by atoms with Gasteiger partial charge < -0.3 is 15.5 Å². The lowest BCUT2D eigenvalue weighted by atomic mass is 10.1. The smallest absolute Gasteiger partial charge is 0.330 e. The molecule has 0 amide bonds.